The standard InChI is InChI=1S/C15H19FN4O3/c1-3-15(2)13(22)20(14(23)18-15)19-12(21)8-11(17)9-5-4-6-10(16)7-9/h4-7,11H,3,8,17H2,1-2H3,(H,18,23)(H,19,21)/t11-,15?/m1/s1. The number of nitrogens with zero attached hydrogens (tertiary/aromatic N) is 1. The third-order valence-corrected chi connectivity index (χ3v) is 3.89. The van der Waals surface area contributed by atoms with Crippen molar-refractivity contribution in [2.75, 3.05) is 0 Å². The molecule has 1 aromatic rings. The van der Waals surface area contributed by atoms with Crippen LogP contribution in [0.25, 0.3) is 0 Å². The molecule has 1 unspecified atom stereocenters. The predicted molar refractivity (Wildman–Crippen MR) is 80.2 cm³/mol. The molecule has 2 rings (SSSR count). The van der Waals surface area contributed by atoms with Crippen molar-refractivity contribution in [3.8, 4) is 0 Å². The SMILES string of the molecule is CCC1(C)NC(=O)N(NC(=O)C[C@@H](N)c2cccc(F)c2)C1=O. The van der Waals surface area contributed by atoms with E-state index >= 15 is 0 Å². The van der Waals surface area contributed by atoms with E-state index < -0.39 is 35.2 Å². The van der Waals surface area contributed by atoms with Crippen LogP contribution in [-0.4, -0.2) is 28.4 Å². The van der Waals surface area contributed by atoms with Crippen molar-refractivity contribution in [1.29, 1.82) is 0 Å². The normalized spacial score (nSPS) is 22.0. The number of hydrogen-bond donors (Lipinski definition) is 3. The van der Waals surface area contributed by atoms with Gasteiger partial charge in [0.2, 0.25) is 5.91 Å². The number of nitrogens with two attached hydrogens (primary N) is 1. The minimum atomic E-state index is -1.03. The lowest BCUT2D eigenvalue weighted by molar-refractivity contribution is -0.138. The molecule has 1 aromatic carbocycles. The van der Waals surface area contributed by atoms with Crippen molar-refractivity contribution >= 4 is 17.8 Å². The van der Waals surface area contributed by atoms with Crippen molar-refractivity contribution in [1.82, 2.24) is 15.8 Å². The molecule has 1 aliphatic heterocycles. The maximum atomic E-state index is 13.2. The Morgan fingerprint density at radius 2 is 2.17 bits per heavy atom. The molecule has 1 heterocycles. The molecular weight excluding hydrogens is 303 g/mol. The van der Waals surface area contributed by atoms with Crippen molar-refractivity contribution in [3.63, 3.8) is 0 Å². The number of amides is 4. The molecule has 4 amide bonds. The summed E-state index contributed by atoms with van der Waals surface area (Å²) in [5.41, 5.74) is 7.52. The van der Waals surface area contributed by atoms with Crippen LogP contribution in [0.1, 0.15) is 38.3 Å². The zero-order valence-corrected chi connectivity index (χ0v) is 12.9. The maximum absolute atomic E-state index is 13.2. The lowest BCUT2D eigenvalue weighted by Gasteiger charge is -2.20. The van der Waals surface area contributed by atoms with Crippen molar-refractivity contribution in [3.05, 3.63) is 35.6 Å². The zero-order chi connectivity index (χ0) is 17.2. The van der Waals surface area contributed by atoms with Gasteiger partial charge >= 0.3 is 6.03 Å². The van der Waals surface area contributed by atoms with E-state index in [4.69, 9.17) is 5.73 Å². The van der Waals surface area contributed by atoms with Crippen LogP contribution < -0.4 is 16.5 Å². The second kappa shape index (κ2) is 6.33. The minimum Gasteiger partial charge on any atom is -0.324 e. The van der Waals surface area contributed by atoms with Gasteiger partial charge in [-0.3, -0.25) is 15.0 Å². The van der Waals surface area contributed by atoms with Crippen LogP contribution in [0.15, 0.2) is 24.3 Å². The Kier molecular flexibility index (Phi) is 4.65. The highest BCUT2D eigenvalue weighted by Gasteiger charge is 2.47. The first kappa shape index (κ1) is 16.9. The van der Waals surface area contributed by atoms with Crippen molar-refractivity contribution < 1.29 is 18.8 Å². The van der Waals surface area contributed by atoms with E-state index in [2.05, 4.69) is 10.7 Å². The highest BCUT2D eigenvalue weighted by Crippen LogP contribution is 2.20. The maximum Gasteiger partial charge on any atom is 0.344 e. The van der Waals surface area contributed by atoms with Crippen LogP contribution in [0.4, 0.5) is 9.18 Å². The Bertz CT molecular complexity index is 651. The lowest BCUT2D eigenvalue weighted by Crippen LogP contribution is -2.49. The molecule has 4 N–H and O–H groups in total. The summed E-state index contributed by atoms with van der Waals surface area (Å²) >= 11 is 0. The van der Waals surface area contributed by atoms with Gasteiger partial charge in [0.25, 0.3) is 5.91 Å². The lowest BCUT2D eigenvalue weighted by atomic mass is 10.00. The van der Waals surface area contributed by atoms with Gasteiger partial charge < -0.3 is 11.1 Å². The topological polar surface area (TPSA) is 105 Å². The van der Waals surface area contributed by atoms with Crippen molar-refractivity contribution in [2.45, 2.75) is 38.3 Å². The van der Waals surface area contributed by atoms with Gasteiger partial charge in [0.15, 0.2) is 0 Å². The molecule has 0 aromatic heterocycles. The number of carbonyl (C=O) groups is 3. The van der Waals surface area contributed by atoms with Gasteiger partial charge in [0.05, 0.1) is 0 Å². The molecule has 1 saturated heterocycles. The van der Waals surface area contributed by atoms with Crippen LogP contribution in [0, 0.1) is 5.82 Å². The second-order valence-electron chi connectivity index (χ2n) is 5.66. The predicted octanol–water partition coefficient (Wildman–Crippen LogP) is 0.967. The van der Waals surface area contributed by atoms with Gasteiger partial charge in [0, 0.05) is 12.5 Å². The quantitative estimate of drug-likeness (QED) is 0.702. The summed E-state index contributed by atoms with van der Waals surface area (Å²) in [5.74, 6) is -1.59. The minimum absolute atomic E-state index is 0.191. The second-order valence-corrected chi connectivity index (χ2v) is 5.66. The number of rotatable bonds is 5. The summed E-state index contributed by atoms with van der Waals surface area (Å²) in [6.45, 7) is 3.33. The van der Waals surface area contributed by atoms with Gasteiger partial charge in [-0.1, -0.05) is 19.1 Å². The molecule has 0 aliphatic carbocycles. The van der Waals surface area contributed by atoms with E-state index in [0.29, 0.717) is 17.0 Å². The van der Waals surface area contributed by atoms with Crippen molar-refractivity contribution in [2.24, 2.45) is 5.73 Å². The van der Waals surface area contributed by atoms with Crippen LogP contribution in [0.3, 0.4) is 0 Å². The first-order valence-electron chi connectivity index (χ1n) is 7.24. The fourth-order valence-corrected chi connectivity index (χ4v) is 2.25. The molecule has 2 atom stereocenters. The van der Waals surface area contributed by atoms with Gasteiger partial charge in [-0.2, -0.15) is 5.01 Å². The Morgan fingerprint density at radius 1 is 1.48 bits per heavy atom. The molecule has 23 heavy (non-hydrogen) atoms. The average Bonchev–Trinajstić information content (AvgIpc) is 2.71. The number of nitrogens with one attached hydrogen (secondary N) is 2. The van der Waals surface area contributed by atoms with Crippen LogP contribution in [0.2, 0.25) is 0 Å². The first-order chi connectivity index (χ1) is 10.8. The number of hydrogen-bond acceptors (Lipinski definition) is 4. The average molecular weight is 322 g/mol. The van der Waals surface area contributed by atoms with E-state index in [1.807, 2.05) is 0 Å². The molecule has 1 aliphatic rings. The van der Waals surface area contributed by atoms with Gasteiger partial charge in [-0.25, -0.2) is 9.18 Å². The molecule has 1 fully saturated rings. The summed E-state index contributed by atoms with van der Waals surface area (Å²) in [5, 5.41) is 3.18. The number of carbonyl (C=O) groups excluding carboxylic acids is 3. The van der Waals surface area contributed by atoms with Crippen LogP contribution in [0.5, 0.6) is 0 Å². The van der Waals surface area contributed by atoms with E-state index in [9.17, 15) is 18.8 Å². The third-order valence-electron chi connectivity index (χ3n) is 3.89. The van der Waals surface area contributed by atoms with Gasteiger partial charge in [-0.15, -0.1) is 0 Å². The smallest absolute Gasteiger partial charge is 0.324 e. The monoisotopic (exact) mass is 322 g/mol. The van der Waals surface area contributed by atoms with E-state index in [0.717, 1.165) is 0 Å². The molecule has 8 heteroatoms. The molecule has 0 bridgehead atoms. The Labute approximate surface area is 133 Å². The first-order valence-corrected chi connectivity index (χ1v) is 7.24. The summed E-state index contributed by atoms with van der Waals surface area (Å²) in [6.07, 6.45) is 0.204. The number of hydrazine groups is 1. The van der Waals surface area contributed by atoms with E-state index in [1.54, 1.807) is 19.9 Å². The molecule has 0 saturated carbocycles. The molecule has 0 spiro atoms. The van der Waals surface area contributed by atoms with Gasteiger partial charge in [0.1, 0.15) is 11.4 Å². The summed E-state index contributed by atoms with van der Waals surface area (Å²) in [6, 6.07) is 4.17. The van der Waals surface area contributed by atoms with Gasteiger partial charge in [-0.05, 0) is 31.0 Å². The highest BCUT2D eigenvalue weighted by molar-refractivity contribution is 6.07. The Hall–Kier alpha value is -2.48. The molecule has 124 valence electrons. The number of benzene rings is 1. The van der Waals surface area contributed by atoms with Crippen LogP contribution in [-0.2, 0) is 9.59 Å². The fraction of sp³-hybridized carbons (Fsp3) is 0.400. The summed E-state index contributed by atoms with van der Waals surface area (Å²) in [7, 11) is 0. The number of halogens is 1. The summed E-state index contributed by atoms with van der Waals surface area (Å²) in [4.78, 5) is 35.9. The fourth-order valence-electron chi connectivity index (χ4n) is 2.25. The van der Waals surface area contributed by atoms with Crippen LogP contribution >= 0.6 is 0 Å². The Balaban J connectivity index is 2.00. The largest absolute Gasteiger partial charge is 0.344 e. The number of urea groups is 1. The Morgan fingerprint density at radius 3 is 2.74 bits per heavy atom. The molecular formula is C15H19FN4O3. The highest BCUT2D eigenvalue weighted by atomic mass is 19.1. The number of imide groups is 1. The molecule has 0 radical (unpaired) electrons. The zero-order valence-electron chi connectivity index (χ0n) is 12.9. The summed E-state index contributed by atoms with van der Waals surface area (Å²) < 4.78 is 13.2. The van der Waals surface area contributed by atoms with E-state index in [1.165, 1.54) is 18.2 Å². The molecule has 7 nitrogen and oxygen atoms in total. The van der Waals surface area contributed by atoms with E-state index in [-0.39, 0.29) is 6.42 Å². The third kappa shape index (κ3) is 3.48.